The van der Waals surface area contributed by atoms with E-state index >= 15 is 0 Å². The van der Waals surface area contributed by atoms with E-state index in [4.69, 9.17) is 0 Å². The van der Waals surface area contributed by atoms with Crippen molar-refractivity contribution in [2.24, 2.45) is 5.92 Å². The summed E-state index contributed by atoms with van der Waals surface area (Å²) in [5, 5.41) is 4.01. The first-order chi connectivity index (χ1) is 10.2. The molecule has 1 saturated heterocycles. The van der Waals surface area contributed by atoms with Gasteiger partial charge in [-0.15, -0.1) is 0 Å². The van der Waals surface area contributed by atoms with Crippen molar-refractivity contribution < 1.29 is 0 Å². The average Bonchev–Trinajstić information content (AvgIpc) is 3.25. The number of rotatable bonds is 7. The SMILES string of the molecule is CCCCCCCN1CC2(CCCC2)NCC1(C)C1CC1. The van der Waals surface area contributed by atoms with Crippen LogP contribution in [0.2, 0.25) is 0 Å². The van der Waals surface area contributed by atoms with E-state index in [9.17, 15) is 0 Å². The Kier molecular flexibility index (Phi) is 4.95. The smallest absolute Gasteiger partial charge is 0.0334 e. The second-order valence-corrected chi connectivity index (χ2v) is 8.31. The van der Waals surface area contributed by atoms with Crippen LogP contribution in [0.25, 0.3) is 0 Å². The monoisotopic (exact) mass is 292 g/mol. The van der Waals surface area contributed by atoms with E-state index in [-0.39, 0.29) is 0 Å². The van der Waals surface area contributed by atoms with Crippen molar-refractivity contribution >= 4 is 0 Å². The van der Waals surface area contributed by atoms with Gasteiger partial charge in [-0.1, -0.05) is 45.4 Å². The highest BCUT2D eigenvalue weighted by Gasteiger charge is 2.51. The molecule has 1 aliphatic heterocycles. The van der Waals surface area contributed by atoms with Crippen LogP contribution in [0, 0.1) is 5.92 Å². The van der Waals surface area contributed by atoms with Crippen molar-refractivity contribution in [3.8, 4) is 0 Å². The molecule has 21 heavy (non-hydrogen) atoms. The lowest BCUT2D eigenvalue weighted by molar-refractivity contribution is 0.00152. The molecule has 0 aromatic rings. The highest BCUT2D eigenvalue weighted by atomic mass is 15.3. The predicted octanol–water partition coefficient (Wildman–Crippen LogP) is 4.34. The Balaban J connectivity index is 1.57. The summed E-state index contributed by atoms with van der Waals surface area (Å²) in [5.41, 5.74) is 0.941. The molecule has 0 radical (unpaired) electrons. The van der Waals surface area contributed by atoms with Gasteiger partial charge < -0.3 is 5.32 Å². The maximum absolute atomic E-state index is 4.01. The zero-order chi connectivity index (χ0) is 14.8. The standard InChI is InChI=1S/C19H36N2/c1-3-4-5-6-9-14-21-16-19(12-7-8-13-19)20-15-18(21,2)17-10-11-17/h17,20H,3-16H2,1-2H3. The lowest BCUT2D eigenvalue weighted by Crippen LogP contribution is -2.69. The lowest BCUT2D eigenvalue weighted by atomic mass is 9.83. The molecule has 3 fully saturated rings. The maximum atomic E-state index is 4.01. The number of piperazine rings is 1. The fraction of sp³-hybridized carbons (Fsp3) is 1.00. The van der Waals surface area contributed by atoms with E-state index in [1.165, 1.54) is 90.3 Å². The summed E-state index contributed by atoms with van der Waals surface area (Å²) in [6.45, 7) is 8.77. The van der Waals surface area contributed by atoms with E-state index in [2.05, 4.69) is 24.1 Å². The fourth-order valence-corrected chi connectivity index (χ4v) is 4.82. The molecule has 1 unspecified atom stereocenters. The average molecular weight is 293 g/mol. The minimum atomic E-state index is 0.457. The molecule has 0 aromatic heterocycles. The van der Waals surface area contributed by atoms with Gasteiger partial charge in [-0.3, -0.25) is 4.90 Å². The molecule has 0 bridgehead atoms. The highest BCUT2D eigenvalue weighted by Crippen LogP contribution is 2.46. The number of hydrogen-bond donors (Lipinski definition) is 1. The number of nitrogens with one attached hydrogen (secondary N) is 1. The van der Waals surface area contributed by atoms with E-state index in [1.807, 2.05) is 0 Å². The van der Waals surface area contributed by atoms with Gasteiger partial charge in [0.1, 0.15) is 0 Å². The van der Waals surface area contributed by atoms with Gasteiger partial charge >= 0.3 is 0 Å². The molecule has 0 amide bonds. The second kappa shape index (κ2) is 6.58. The topological polar surface area (TPSA) is 15.3 Å². The van der Waals surface area contributed by atoms with Crippen molar-refractivity contribution in [1.82, 2.24) is 10.2 Å². The Labute approximate surface area is 132 Å². The molecule has 3 aliphatic rings. The molecule has 2 heteroatoms. The molecule has 122 valence electrons. The third kappa shape index (κ3) is 3.47. The van der Waals surface area contributed by atoms with Crippen LogP contribution in [0.3, 0.4) is 0 Å². The molecular formula is C19H36N2. The molecule has 1 atom stereocenters. The van der Waals surface area contributed by atoms with Crippen molar-refractivity contribution in [1.29, 1.82) is 0 Å². The van der Waals surface area contributed by atoms with Gasteiger partial charge in [-0.25, -0.2) is 0 Å². The summed E-state index contributed by atoms with van der Waals surface area (Å²) in [6.07, 6.45) is 15.7. The van der Waals surface area contributed by atoms with Gasteiger partial charge in [0.05, 0.1) is 0 Å². The first kappa shape index (κ1) is 15.8. The molecule has 3 rings (SSSR count). The number of hydrogen-bond acceptors (Lipinski definition) is 2. The second-order valence-electron chi connectivity index (χ2n) is 8.31. The zero-order valence-corrected chi connectivity index (χ0v) is 14.4. The first-order valence-electron chi connectivity index (χ1n) is 9.69. The van der Waals surface area contributed by atoms with Gasteiger partial charge in [-0.05, 0) is 51.5 Å². The quantitative estimate of drug-likeness (QED) is 0.702. The molecule has 1 heterocycles. The lowest BCUT2D eigenvalue weighted by Gasteiger charge is -2.53. The first-order valence-corrected chi connectivity index (χ1v) is 9.69. The molecule has 2 nitrogen and oxygen atoms in total. The minimum Gasteiger partial charge on any atom is -0.308 e. The van der Waals surface area contributed by atoms with Gasteiger partial charge in [-0.2, -0.15) is 0 Å². The van der Waals surface area contributed by atoms with Crippen LogP contribution >= 0.6 is 0 Å². The van der Waals surface area contributed by atoms with Crippen molar-refractivity contribution in [2.75, 3.05) is 19.6 Å². The van der Waals surface area contributed by atoms with Crippen LogP contribution in [0.1, 0.15) is 84.5 Å². The normalized spacial score (nSPS) is 32.9. The highest BCUT2D eigenvalue weighted by molar-refractivity contribution is 5.10. The Morgan fingerprint density at radius 1 is 1.05 bits per heavy atom. The largest absolute Gasteiger partial charge is 0.308 e. The van der Waals surface area contributed by atoms with Gasteiger partial charge in [0.15, 0.2) is 0 Å². The molecule has 1 spiro atoms. The molecular weight excluding hydrogens is 256 g/mol. The third-order valence-corrected chi connectivity index (χ3v) is 6.59. The van der Waals surface area contributed by atoms with Crippen molar-refractivity contribution in [3.63, 3.8) is 0 Å². The Bertz CT molecular complexity index is 330. The Morgan fingerprint density at radius 2 is 1.76 bits per heavy atom. The summed E-state index contributed by atoms with van der Waals surface area (Å²) >= 11 is 0. The van der Waals surface area contributed by atoms with Gasteiger partial charge in [0.2, 0.25) is 0 Å². The fourth-order valence-electron chi connectivity index (χ4n) is 4.82. The summed E-state index contributed by atoms with van der Waals surface area (Å²) in [6, 6.07) is 0. The van der Waals surface area contributed by atoms with E-state index in [1.54, 1.807) is 0 Å². The van der Waals surface area contributed by atoms with Crippen LogP contribution in [-0.2, 0) is 0 Å². The zero-order valence-electron chi connectivity index (χ0n) is 14.4. The van der Waals surface area contributed by atoms with E-state index < -0.39 is 0 Å². The summed E-state index contributed by atoms with van der Waals surface area (Å²) < 4.78 is 0. The number of nitrogens with zero attached hydrogens (tertiary/aromatic N) is 1. The molecule has 2 aliphatic carbocycles. The van der Waals surface area contributed by atoms with Crippen LogP contribution in [0.5, 0.6) is 0 Å². The summed E-state index contributed by atoms with van der Waals surface area (Å²) in [4.78, 5) is 2.92. The van der Waals surface area contributed by atoms with Crippen LogP contribution in [0.4, 0.5) is 0 Å². The van der Waals surface area contributed by atoms with E-state index in [0.29, 0.717) is 11.1 Å². The molecule has 0 aromatic carbocycles. The predicted molar refractivity (Wildman–Crippen MR) is 90.7 cm³/mol. The minimum absolute atomic E-state index is 0.457. The molecule has 2 saturated carbocycles. The summed E-state index contributed by atoms with van der Waals surface area (Å²) in [5.74, 6) is 0.972. The van der Waals surface area contributed by atoms with Crippen LogP contribution in [0.15, 0.2) is 0 Å². The number of unbranched alkanes of at least 4 members (excludes halogenated alkanes) is 4. The molecule has 1 N–H and O–H groups in total. The maximum Gasteiger partial charge on any atom is 0.0334 e. The Morgan fingerprint density at radius 3 is 2.43 bits per heavy atom. The Hall–Kier alpha value is -0.0800. The van der Waals surface area contributed by atoms with Crippen LogP contribution < -0.4 is 5.32 Å². The third-order valence-electron chi connectivity index (χ3n) is 6.59. The van der Waals surface area contributed by atoms with Crippen LogP contribution in [-0.4, -0.2) is 35.6 Å². The van der Waals surface area contributed by atoms with Gasteiger partial charge in [0.25, 0.3) is 0 Å². The summed E-state index contributed by atoms with van der Waals surface area (Å²) in [7, 11) is 0. The van der Waals surface area contributed by atoms with Gasteiger partial charge in [0, 0.05) is 24.2 Å². The van der Waals surface area contributed by atoms with Crippen molar-refractivity contribution in [2.45, 2.75) is 95.6 Å². The van der Waals surface area contributed by atoms with Crippen molar-refractivity contribution in [3.05, 3.63) is 0 Å². The van der Waals surface area contributed by atoms with E-state index in [0.717, 1.165) is 5.92 Å².